The summed E-state index contributed by atoms with van der Waals surface area (Å²) >= 11 is 0. The van der Waals surface area contributed by atoms with Gasteiger partial charge in [0.15, 0.2) is 0 Å². The van der Waals surface area contributed by atoms with Crippen molar-refractivity contribution in [2.24, 2.45) is 17.3 Å². The van der Waals surface area contributed by atoms with Crippen LogP contribution in [0, 0.1) is 17.3 Å². The molecule has 1 aliphatic heterocycles. The highest BCUT2D eigenvalue weighted by atomic mass is 16.2. The lowest BCUT2D eigenvalue weighted by atomic mass is 9.76. The van der Waals surface area contributed by atoms with Gasteiger partial charge in [0.05, 0.1) is 5.92 Å². The van der Waals surface area contributed by atoms with E-state index in [4.69, 9.17) is 0 Å². The third kappa shape index (κ3) is 5.08. The fourth-order valence-corrected chi connectivity index (χ4v) is 3.87. The molecule has 2 aliphatic rings. The number of hydrogen-bond acceptors (Lipinski definition) is 2. The molecule has 0 bridgehead atoms. The zero-order valence-electron chi connectivity index (χ0n) is 13.5. The third-order valence-corrected chi connectivity index (χ3v) is 4.70. The molecule has 3 heteroatoms. The van der Waals surface area contributed by atoms with Crippen LogP contribution in [0.15, 0.2) is 0 Å². The van der Waals surface area contributed by atoms with Crippen molar-refractivity contribution in [2.75, 3.05) is 13.1 Å². The van der Waals surface area contributed by atoms with Gasteiger partial charge in [0.1, 0.15) is 0 Å². The molecule has 2 N–H and O–H groups in total. The first-order chi connectivity index (χ1) is 9.44. The molecule has 2 rings (SSSR count). The number of hydrogen-bond donors (Lipinski definition) is 2. The summed E-state index contributed by atoms with van der Waals surface area (Å²) in [4.78, 5) is 12.3. The van der Waals surface area contributed by atoms with E-state index in [1.54, 1.807) is 0 Å². The Bertz CT molecular complexity index is 315. The maximum Gasteiger partial charge on any atom is 0.224 e. The average molecular weight is 280 g/mol. The van der Waals surface area contributed by atoms with Crippen LogP contribution in [-0.4, -0.2) is 25.0 Å². The molecule has 1 heterocycles. The summed E-state index contributed by atoms with van der Waals surface area (Å²) < 4.78 is 0. The normalized spacial score (nSPS) is 31.9. The molecular weight excluding hydrogens is 248 g/mol. The zero-order valence-corrected chi connectivity index (χ0v) is 13.5. The van der Waals surface area contributed by atoms with Gasteiger partial charge in [0, 0.05) is 12.6 Å². The minimum Gasteiger partial charge on any atom is -0.353 e. The van der Waals surface area contributed by atoms with Crippen LogP contribution < -0.4 is 10.6 Å². The van der Waals surface area contributed by atoms with Crippen molar-refractivity contribution in [1.82, 2.24) is 10.6 Å². The number of rotatable bonds is 3. The van der Waals surface area contributed by atoms with Crippen molar-refractivity contribution in [3.8, 4) is 0 Å². The van der Waals surface area contributed by atoms with E-state index in [0.717, 1.165) is 31.8 Å². The van der Waals surface area contributed by atoms with Crippen LogP contribution in [0.4, 0.5) is 0 Å². The van der Waals surface area contributed by atoms with Crippen molar-refractivity contribution >= 4 is 5.91 Å². The van der Waals surface area contributed by atoms with Crippen LogP contribution in [0.25, 0.3) is 0 Å². The Morgan fingerprint density at radius 2 is 2.00 bits per heavy atom. The second-order valence-corrected chi connectivity index (χ2v) is 8.05. The number of carbonyl (C=O) groups is 1. The van der Waals surface area contributed by atoms with Crippen LogP contribution >= 0.6 is 0 Å². The van der Waals surface area contributed by atoms with Crippen LogP contribution in [-0.2, 0) is 4.79 Å². The van der Waals surface area contributed by atoms with Gasteiger partial charge in [-0.1, -0.05) is 33.6 Å². The largest absolute Gasteiger partial charge is 0.353 e. The topological polar surface area (TPSA) is 41.1 Å². The molecule has 0 aromatic carbocycles. The summed E-state index contributed by atoms with van der Waals surface area (Å²) in [5.74, 6) is 1.28. The molecule has 1 saturated carbocycles. The van der Waals surface area contributed by atoms with Gasteiger partial charge in [0.2, 0.25) is 5.91 Å². The van der Waals surface area contributed by atoms with E-state index < -0.39 is 0 Å². The molecule has 0 spiro atoms. The maximum atomic E-state index is 12.3. The molecule has 0 aromatic heterocycles. The van der Waals surface area contributed by atoms with Gasteiger partial charge in [-0.25, -0.2) is 0 Å². The van der Waals surface area contributed by atoms with Crippen LogP contribution in [0.5, 0.6) is 0 Å². The maximum absolute atomic E-state index is 12.3. The van der Waals surface area contributed by atoms with Crippen LogP contribution in [0.1, 0.15) is 65.7 Å². The highest BCUT2D eigenvalue weighted by molar-refractivity contribution is 5.79. The number of carbonyl (C=O) groups excluding carboxylic acids is 1. The molecule has 2 fully saturated rings. The molecule has 1 aliphatic carbocycles. The lowest BCUT2D eigenvalue weighted by Gasteiger charge is -2.34. The molecule has 3 atom stereocenters. The van der Waals surface area contributed by atoms with Crippen molar-refractivity contribution in [1.29, 1.82) is 0 Å². The number of nitrogens with one attached hydrogen (secondary N) is 2. The van der Waals surface area contributed by atoms with Crippen LogP contribution in [0.3, 0.4) is 0 Å². The molecule has 3 unspecified atom stereocenters. The predicted molar refractivity (Wildman–Crippen MR) is 83.6 cm³/mol. The molecular formula is C17H32N2O. The first kappa shape index (κ1) is 15.8. The smallest absolute Gasteiger partial charge is 0.224 e. The van der Waals surface area contributed by atoms with Gasteiger partial charge in [-0.3, -0.25) is 4.79 Å². The van der Waals surface area contributed by atoms with Gasteiger partial charge in [0.25, 0.3) is 0 Å². The van der Waals surface area contributed by atoms with Crippen LogP contribution in [0.2, 0.25) is 0 Å². The highest BCUT2D eigenvalue weighted by Crippen LogP contribution is 2.34. The first-order valence-electron chi connectivity index (χ1n) is 8.45. The Kier molecular flexibility index (Phi) is 5.48. The molecule has 20 heavy (non-hydrogen) atoms. The van der Waals surface area contributed by atoms with Crippen molar-refractivity contribution in [3.63, 3.8) is 0 Å². The lowest BCUT2D eigenvalue weighted by molar-refractivity contribution is -0.126. The number of piperidine rings is 1. The minimum absolute atomic E-state index is 0.201. The quantitative estimate of drug-likeness (QED) is 0.834. The molecule has 116 valence electrons. The summed E-state index contributed by atoms with van der Waals surface area (Å²) in [5.41, 5.74) is 0.407. The van der Waals surface area contributed by atoms with E-state index in [9.17, 15) is 4.79 Å². The monoisotopic (exact) mass is 280 g/mol. The zero-order chi connectivity index (χ0) is 14.6. The fraction of sp³-hybridized carbons (Fsp3) is 0.941. The SMILES string of the molecule is CC(C)(C)CC1CCCC(NC(=O)C2CCCNC2)C1. The molecule has 0 radical (unpaired) electrons. The Morgan fingerprint density at radius 1 is 1.20 bits per heavy atom. The van der Waals surface area contributed by atoms with Gasteiger partial charge < -0.3 is 10.6 Å². The Morgan fingerprint density at radius 3 is 2.65 bits per heavy atom. The third-order valence-electron chi connectivity index (χ3n) is 4.70. The van der Waals surface area contributed by atoms with Crippen molar-refractivity contribution < 1.29 is 4.79 Å². The Hall–Kier alpha value is -0.570. The Balaban J connectivity index is 1.78. The summed E-state index contributed by atoms with van der Waals surface area (Å²) in [5, 5.41) is 6.66. The summed E-state index contributed by atoms with van der Waals surface area (Å²) in [6, 6.07) is 0.422. The van der Waals surface area contributed by atoms with E-state index in [-0.39, 0.29) is 5.92 Å². The summed E-state index contributed by atoms with van der Waals surface area (Å²) in [6.07, 6.45) is 8.44. The van der Waals surface area contributed by atoms with Gasteiger partial charge in [-0.15, -0.1) is 0 Å². The van der Waals surface area contributed by atoms with Crippen molar-refractivity contribution in [2.45, 2.75) is 71.8 Å². The predicted octanol–water partition coefficient (Wildman–Crippen LogP) is 3.10. The van der Waals surface area contributed by atoms with Gasteiger partial charge >= 0.3 is 0 Å². The minimum atomic E-state index is 0.201. The van der Waals surface area contributed by atoms with Crippen molar-refractivity contribution in [3.05, 3.63) is 0 Å². The summed E-state index contributed by atoms with van der Waals surface area (Å²) in [7, 11) is 0. The lowest BCUT2D eigenvalue weighted by Crippen LogP contribution is -2.46. The van der Waals surface area contributed by atoms with Gasteiger partial charge in [-0.05, 0) is 50.0 Å². The second-order valence-electron chi connectivity index (χ2n) is 8.05. The Labute approximate surface area is 124 Å². The van der Waals surface area contributed by atoms with E-state index in [1.807, 2.05) is 0 Å². The van der Waals surface area contributed by atoms with Gasteiger partial charge in [-0.2, -0.15) is 0 Å². The summed E-state index contributed by atoms with van der Waals surface area (Å²) in [6.45, 7) is 8.90. The number of amides is 1. The standard InChI is InChI=1S/C17H32N2O/c1-17(2,3)11-13-6-4-8-15(10-13)19-16(20)14-7-5-9-18-12-14/h13-15,18H,4-12H2,1-3H3,(H,19,20). The first-order valence-corrected chi connectivity index (χ1v) is 8.45. The molecule has 1 amide bonds. The van der Waals surface area contributed by atoms with E-state index in [1.165, 1.54) is 32.1 Å². The van der Waals surface area contributed by atoms with E-state index >= 15 is 0 Å². The highest BCUT2D eigenvalue weighted by Gasteiger charge is 2.28. The molecule has 3 nitrogen and oxygen atoms in total. The van der Waals surface area contributed by atoms with E-state index in [2.05, 4.69) is 31.4 Å². The van der Waals surface area contributed by atoms with E-state index in [0.29, 0.717) is 17.4 Å². The molecule has 1 saturated heterocycles. The molecule has 0 aromatic rings. The average Bonchev–Trinajstić information content (AvgIpc) is 2.38. The second kappa shape index (κ2) is 6.93. The fourth-order valence-electron chi connectivity index (χ4n) is 3.87.